The number of hydrogen-bond donors (Lipinski definition) is 1. The van der Waals surface area contributed by atoms with Gasteiger partial charge in [-0.25, -0.2) is 4.39 Å². The Morgan fingerprint density at radius 2 is 2.35 bits per heavy atom. The molecule has 0 aromatic heterocycles. The molecule has 1 aromatic carbocycles. The molecular formula is C15H18FN3O. The Morgan fingerprint density at radius 1 is 1.60 bits per heavy atom. The number of nitrogens with one attached hydrogen (secondary N) is 1. The van der Waals surface area contributed by atoms with Crippen molar-refractivity contribution in [2.24, 2.45) is 5.41 Å². The Balaban J connectivity index is 2.13. The number of halogens is 1. The van der Waals surface area contributed by atoms with Crippen molar-refractivity contribution in [3.05, 3.63) is 35.1 Å². The Bertz CT molecular complexity index is 559. The van der Waals surface area contributed by atoms with E-state index in [-0.39, 0.29) is 12.5 Å². The van der Waals surface area contributed by atoms with Gasteiger partial charge in [-0.3, -0.25) is 4.79 Å². The van der Waals surface area contributed by atoms with Gasteiger partial charge in [0.1, 0.15) is 5.82 Å². The molecule has 0 radical (unpaired) electrons. The lowest BCUT2D eigenvalue weighted by Crippen LogP contribution is -2.41. The van der Waals surface area contributed by atoms with E-state index in [1.54, 1.807) is 7.05 Å². The second kappa shape index (κ2) is 5.59. The highest BCUT2D eigenvalue weighted by Gasteiger charge is 2.38. The van der Waals surface area contributed by atoms with Crippen LogP contribution in [-0.2, 0) is 11.3 Å². The van der Waals surface area contributed by atoms with E-state index in [4.69, 9.17) is 5.26 Å². The summed E-state index contributed by atoms with van der Waals surface area (Å²) in [6, 6.07) is 6.18. The van der Waals surface area contributed by atoms with E-state index in [1.165, 1.54) is 23.1 Å². The number of nitrogens with zero attached hydrogens (tertiary/aromatic N) is 2. The minimum Gasteiger partial charge on any atom is -0.341 e. The molecule has 1 amide bonds. The quantitative estimate of drug-likeness (QED) is 0.912. The van der Waals surface area contributed by atoms with Crippen LogP contribution >= 0.6 is 0 Å². The van der Waals surface area contributed by atoms with Gasteiger partial charge in [0.05, 0.1) is 17.0 Å². The molecule has 1 unspecified atom stereocenters. The molecule has 1 aliphatic heterocycles. The van der Waals surface area contributed by atoms with Crippen LogP contribution in [0.3, 0.4) is 0 Å². The van der Waals surface area contributed by atoms with Crippen LogP contribution in [0, 0.1) is 22.6 Å². The van der Waals surface area contributed by atoms with Gasteiger partial charge in [-0.05, 0) is 38.1 Å². The van der Waals surface area contributed by atoms with Gasteiger partial charge in [0.15, 0.2) is 0 Å². The summed E-state index contributed by atoms with van der Waals surface area (Å²) in [4.78, 5) is 14.0. The van der Waals surface area contributed by atoms with Crippen molar-refractivity contribution in [2.75, 3.05) is 20.1 Å². The lowest BCUT2D eigenvalue weighted by molar-refractivity contribution is -0.139. The van der Waals surface area contributed by atoms with Gasteiger partial charge in [0.25, 0.3) is 0 Å². The van der Waals surface area contributed by atoms with E-state index in [0.29, 0.717) is 17.7 Å². The monoisotopic (exact) mass is 275 g/mol. The fourth-order valence-corrected chi connectivity index (χ4v) is 2.55. The van der Waals surface area contributed by atoms with Crippen molar-refractivity contribution < 1.29 is 9.18 Å². The second-order valence-electron chi connectivity index (χ2n) is 5.57. The summed E-state index contributed by atoms with van der Waals surface area (Å²) in [6.07, 6.45) is 0.789. The summed E-state index contributed by atoms with van der Waals surface area (Å²) >= 11 is 0. The second-order valence-corrected chi connectivity index (χ2v) is 5.57. The fourth-order valence-electron chi connectivity index (χ4n) is 2.55. The lowest BCUT2D eigenvalue weighted by Gasteiger charge is -2.28. The number of rotatable bonds is 3. The molecule has 106 valence electrons. The van der Waals surface area contributed by atoms with Crippen LogP contribution in [0.4, 0.5) is 4.39 Å². The van der Waals surface area contributed by atoms with Crippen LogP contribution in [-0.4, -0.2) is 30.9 Å². The molecule has 2 rings (SSSR count). The average molecular weight is 275 g/mol. The molecule has 1 N–H and O–H groups in total. The first-order valence-electron chi connectivity index (χ1n) is 6.61. The van der Waals surface area contributed by atoms with Gasteiger partial charge in [0.2, 0.25) is 5.91 Å². The minimum absolute atomic E-state index is 0.00395. The lowest BCUT2D eigenvalue weighted by atomic mass is 9.88. The summed E-state index contributed by atoms with van der Waals surface area (Å²) < 4.78 is 13.7. The van der Waals surface area contributed by atoms with Crippen molar-refractivity contribution >= 4 is 5.91 Å². The molecule has 4 nitrogen and oxygen atoms in total. The highest BCUT2D eigenvalue weighted by molar-refractivity contribution is 5.82. The Kier molecular flexibility index (Phi) is 4.05. The van der Waals surface area contributed by atoms with E-state index in [1.807, 2.05) is 13.0 Å². The third-order valence-electron chi connectivity index (χ3n) is 3.81. The molecule has 1 heterocycles. The zero-order valence-corrected chi connectivity index (χ0v) is 11.7. The Hall–Kier alpha value is -1.93. The molecule has 0 spiro atoms. The van der Waals surface area contributed by atoms with Gasteiger partial charge >= 0.3 is 0 Å². The average Bonchev–Trinajstić information content (AvgIpc) is 2.88. The van der Waals surface area contributed by atoms with E-state index >= 15 is 0 Å². The number of benzene rings is 1. The SMILES string of the molecule is CN(Cc1cc(C#N)ccc1F)C(=O)C1(C)CCNC1. The standard InChI is InChI=1S/C15H18FN3O/c1-15(5-6-18-10-15)14(20)19(2)9-12-7-11(8-17)3-4-13(12)16/h3-4,7,18H,5-6,9-10H2,1-2H3. The largest absolute Gasteiger partial charge is 0.341 e. The zero-order valence-electron chi connectivity index (χ0n) is 11.7. The molecule has 1 aliphatic rings. The molecule has 20 heavy (non-hydrogen) atoms. The maximum Gasteiger partial charge on any atom is 0.229 e. The van der Waals surface area contributed by atoms with E-state index < -0.39 is 11.2 Å². The predicted octanol–water partition coefficient (Wildman–Crippen LogP) is 1.66. The van der Waals surface area contributed by atoms with Crippen molar-refractivity contribution in [2.45, 2.75) is 19.9 Å². The van der Waals surface area contributed by atoms with E-state index in [9.17, 15) is 9.18 Å². The van der Waals surface area contributed by atoms with E-state index in [2.05, 4.69) is 5.32 Å². The Labute approximate surface area is 118 Å². The summed E-state index contributed by atoms with van der Waals surface area (Å²) in [5.41, 5.74) is 0.350. The van der Waals surface area contributed by atoms with Crippen molar-refractivity contribution in [1.29, 1.82) is 5.26 Å². The highest BCUT2D eigenvalue weighted by Crippen LogP contribution is 2.27. The van der Waals surface area contributed by atoms with Crippen LogP contribution < -0.4 is 5.32 Å². The number of amides is 1. The third kappa shape index (κ3) is 2.81. The molecule has 1 aromatic rings. The summed E-state index contributed by atoms with van der Waals surface area (Å²) in [6.45, 7) is 3.58. The third-order valence-corrected chi connectivity index (χ3v) is 3.81. The van der Waals surface area contributed by atoms with Crippen molar-refractivity contribution in [3.63, 3.8) is 0 Å². The Morgan fingerprint density at radius 3 is 2.95 bits per heavy atom. The number of carbonyl (C=O) groups excluding carboxylic acids is 1. The molecule has 1 atom stereocenters. The van der Waals surface area contributed by atoms with Gasteiger partial charge in [-0.1, -0.05) is 0 Å². The topological polar surface area (TPSA) is 56.1 Å². The van der Waals surface area contributed by atoms with Crippen LogP contribution in [0.5, 0.6) is 0 Å². The summed E-state index contributed by atoms with van der Waals surface area (Å²) in [5, 5.41) is 12.0. The van der Waals surface area contributed by atoms with Crippen molar-refractivity contribution in [1.82, 2.24) is 10.2 Å². The van der Waals surface area contributed by atoms with Crippen LogP contribution in [0.25, 0.3) is 0 Å². The fraction of sp³-hybridized carbons (Fsp3) is 0.467. The smallest absolute Gasteiger partial charge is 0.229 e. The molecular weight excluding hydrogens is 257 g/mol. The first kappa shape index (κ1) is 14.5. The normalized spacial score (nSPS) is 21.5. The van der Waals surface area contributed by atoms with Gasteiger partial charge in [0, 0.05) is 25.7 Å². The summed E-state index contributed by atoms with van der Waals surface area (Å²) in [7, 11) is 1.67. The zero-order chi connectivity index (χ0) is 14.8. The van der Waals surface area contributed by atoms with Gasteiger partial charge in [-0.2, -0.15) is 5.26 Å². The number of carbonyl (C=O) groups is 1. The summed E-state index contributed by atoms with van der Waals surface area (Å²) in [5.74, 6) is -0.386. The highest BCUT2D eigenvalue weighted by atomic mass is 19.1. The molecule has 0 bridgehead atoms. The first-order valence-corrected chi connectivity index (χ1v) is 6.61. The van der Waals surface area contributed by atoms with Crippen LogP contribution in [0.2, 0.25) is 0 Å². The number of hydrogen-bond acceptors (Lipinski definition) is 3. The van der Waals surface area contributed by atoms with Crippen LogP contribution in [0.1, 0.15) is 24.5 Å². The molecule has 1 saturated heterocycles. The van der Waals surface area contributed by atoms with Crippen molar-refractivity contribution in [3.8, 4) is 6.07 Å². The molecule has 5 heteroatoms. The van der Waals surface area contributed by atoms with Gasteiger partial charge < -0.3 is 10.2 Å². The molecule has 1 fully saturated rings. The van der Waals surface area contributed by atoms with Crippen LogP contribution in [0.15, 0.2) is 18.2 Å². The molecule has 0 aliphatic carbocycles. The van der Waals surface area contributed by atoms with Gasteiger partial charge in [-0.15, -0.1) is 0 Å². The first-order chi connectivity index (χ1) is 9.46. The van der Waals surface area contributed by atoms with E-state index in [0.717, 1.165) is 13.0 Å². The maximum absolute atomic E-state index is 13.7. The maximum atomic E-state index is 13.7. The number of nitriles is 1. The predicted molar refractivity (Wildman–Crippen MR) is 73.2 cm³/mol. The minimum atomic E-state index is -0.419. The molecule has 0 saturated carbocycles.